The Hall–Kier alpha value is -2.80. The molecular formula is C21H25ClN4O3. The van der Waals surface area contributed by atoms with E-state index < -0.39 is 0 Å². The van der Waals surface area contributed by atoms with Crippen LogP contribution in [0.1, 0.15) is 55.7 Å². The minimum Gasteiger partial charge on any atom is -0.495 e. The molecule has 2 heterocycles. The quantitative estimate of drug-likeness (QED) is 0.607. The zero-order valence-electron chi connectivity index (χ0n) is 17.4. The lowest BCUT2D eigenvalue weighted by molar-refractivity contribution is 0.102. The first kappa shape index (κ1) is 20.9. The lowest BCUT2D eigenvalue weighted by Crippen LogP contribution is -2.15. The van der Waals surface area contributed by atoms with E-state index in [0.29, 0.717) is 38.8 Å². The molecule has 3 aromatic rings. The molecule has 1 aromatic carbocycles. The number of hydrogen-bond donors (Lipinski definition) is 1. The SMILES string of the molecule is COc1cc(OC)c(NC(=O)c2cc(C(C)C)nc3c2cnn3C(C)C)cc1Cl. The van der Waals surface area contributed by atoms with Crippen LogP contribution < -0.4 is 14.8 Å². The third-order valence-corrected chi connectivity index (χ3v) is 4.93. The van der Waals surface area contributed by atoms with Gasteiger partial charge in [0.2, 0.25) is 0 Å². The highest BCUT2D eigenvalue weighted by atomic mass is 35.5. The van der Waals surface area contributed by atoms with Crippen molar-refractivity contribution in [2.75, 3.05) is 19.5 Å². The van der Waals surface area contributed by atoms with Crippen LogP contribution in [-0.4, -0.2) is 34.9 Å². The van der Waals surface area contributed by atoms with Gasteiger partial charge < -0.3 is 14.8 Å². The number of amides is 1. The number of aromatic nitrogens is 3. The van der Waals surface area contributed by atoms with Gasteiger partial charge in [0, 0.05) is 17.8 Å². The van der Waals surface area contributed by atoms with Crippen molar-refractivity contribution in [2.24, 2.45) is 0 Å². The van der Waals surface area contributed by atoms with E-state index in [9.17, 15) is 4.79 Å². The largest absolute Gasteiger partial charge is 0.495 e. The molecule has 0 aliphatic carbocycles. The topological polar surface area (TPSA) is 78.3 Å². The number of fused-ring (bicyclic) bond motifs is 1. The molecule has 0 atom stereocenters. The van der Waals surface area contributed by atoms with Gasteiger partial charge in [0.15, 0.2) is 5.65 Å². The van der Waals surface area contributed by atoms with Crippen LogP contribution in [0.3, 0.4) is 0 Å². The zero-order chi connectivity index (χ0) is 21.3. The number of pyridine rings is 1. The highest BCUT2D eigenvalue weighted by Gasteiger charge is 2.20. The van der Waals surface area contributed by atoms with Crippen molar-refractivity contribution in [1.29, 1.82) is 0 Å². The van der Waals surface area contributed by atoms with Crippen molar-refractivity contribution in [3.8, 4) is 11.5 Å². The second-order valence-electron chi connectivity index (χ2n) is 7.31. The molecule has 154 valence electrons. The standard InChI is InChI=1S/C21H25ClN4O3/c1-11(2)16-7-13(14-10-23-26(12(3)4)20(14)24-16)21(27)25-17-8-15(22)18(28-5)9-19(17)29-6/h7-12H,1-6H3,(H,25,27). The van der Waals surface area contributed by atoms with Crippen molar-refractivity contribution in [1.82, 2.24) is 14.8 Å². The maximum Gasteiger partial charge on any atom is 0.256 e. The third kappa shape index (κ3) is 4.00. The number of anilines is 1. The van der Waals surface area contributed by atoms with Crippen LogP contribution in [0.25, 0.3) is 11.0 Å². The molecule has 2 aromatic heterocycles. The molecule has 0 saturated heterocycles. The van der Waals surface area contributed by atoms with E-state index >= 15 is 0 Å². The van der Waals surface area contributed by atoms with Gasteiger partial charge in [-0.2, -0.15) is 5.10 Å². The molecule has 0 spiro atoms. The van der Waals surface area contributed by atoms with Crippen LogP contribution in [0.15, 0.2) is 24.4 Å². The summed E-state index contributed by atoms with van der Waals surface area (Å²) in [5.41, 5.74) is 2.47. The third-order valence-electron chi connectivity index (χ3n) is 4.63. The highest BCUT2D eigenvalue weighted by Crippen LogP contribution is 2.36. The number of nitrogens with one attached hydrogen (secondary N) is 1. The van der Waals surface area contributed by atoms with Gasteiger partial charge >= 0.3 is 0 Å². The van der Waals surface area contributed by atoms with Gasteiger partial charge in [0.05, 0.1) is 42.1 Å². The summed E-state index contributed by atoms with van der Waals surface area (Å²) in [4.78, 5) is 17.9. The Bertz CT molecular complexity index is 1060. The average molecular weight is 417 g/mol. The van der Waals surface area contributed by atoms with E-state index in [1.54, 1.807) is 18.3 Å². The van der Waals surface area contributed by atoms with Crippen LogP contribution in [0.5, 0.6) is 11.5 Å². The van der Waals surface area contributed by atoms with E-state index in [4.69, 9.17) is 26.1 Å². The minimum atomic E-state index is -0.290. The van der Waals surface area contributed by atoms with Crippen molar-refractivity contribution in [3.05, 3.63) is 40.7 Å². The summed E-state index contributed by atoms with van der Waals surface area (Å²) in [6, 6.07) is 5.18. The molecule has 0 aliphatic heterocycles. The van der Waals surface area contributed by atoms with Crippen LogP contribution in [0.4, 0.5) is 5.69 Å². The Morgan fingerprint density at radius 2 is 1.79 bits per heavy atom. The van der Waals surface area contributed by atoms with Crippen molar-refractivity contribution >= 4 is 34.2 Å². The summed E-state index contributed by atoms with van der Waals surface area (Å²) in [6.45, 7) is 8.14. The van der Waals surface area contributed by atoms with E-state index in [1.165, 1.54) is 14.2 Å². The zero-order valence-corrected chi connectivity index (χ0v) is 18.2. The molecule has 0 unspecified atom stereocenters. The molecule has 0 aliphatic rings. The summed E-state index contributed by atoms with van der Waals surface area (Å²) < 4.78 is 12.4. The van der Waals surface area contributed by atoms with Crippen LogP contribution >= 0.6 is 11.6 Å². The maximum absolute atomic E-state index is 13.2. The molecule has 29 heavy (non-hydrogen) atoms. The number of methoxy groups -OCH3 is 2. The monoisotopic (exact) mass is 416 g/mol. The molecule has 1 amide bonds. The van der Waals surface area contributed by atoms with E-state index in [0.717, 1.165) is 5.69 Å². The fraction of sp³-hybridized carbons (Fsp3) is 0.381. The van der Waals surface area contributed by atoms with E-state index in [1.807, 2.05) is 38.4 Å². The molecule has 1 N–H and O–H groups in total. The van der Waals surface area contributed by atoms with Crippen molar-refractivity contribution in [2.45, 2.75) is 39.7 Å². The Morgan fingerprint density at radius 3 is 2.38 bits per heavy atom. The maximum atomic E-state index is 13.2. The molecule has 8 heteroatoms. The Labute approximate surface area is 175 Å². The Morgan fingerprint density at radius 1 is 1.10 bits per heavy atom. The molecule has 0 saturated carbocycles. The van der Waals surface area contributed by atoms with E-state index in [-0.39, 0.29) is 17.9 Å². The summed E-state index contributed by atoms with van der Waals surface area (Å²) >= 11 is 6.23. The van der Waals surface area contributed by atoms with Gasteiger partial charge in [0.1, 0.15) is 11.5 Å². The Balaban J connectivity index is 2.09. The number of nitrogens with zero attached hydrogens (tertiary/aromatic N) is 3. The lowest BCUT2D eigenvalue weighted by atomic mass is 10.0. The average Bonchev–Trinajstić information content (AvgIpc) is 3.11. The molecule has 7 nitrogen and oxygen atoms in total. The first-order valence-electron chi connectivity index (χ1n) is 9.37. The minimum absolute atomic E-state index is 0.124. The van der Waals surface area contributed by atoms with Crippen LogP contribution in [0, 0.1) is 0 Å². The van der Waals surface area contributed by atoms with Gasteiger partial charge in [-0.3, -0.25) is 4.79 Å². The summed E-state index contributed by atoms with van der Waals surface area (Å²) in [7, 11) is 3.04. The normalized spacial score (nSPS) is 11.3. The fourth-order valence-electron chi connectivity index (χ4n) is 3.05. The fourth-order valence-corrected chi connectivity index (χ4v) is 3.29. The second-order valence-corrected chi connectivity index (χ2v) is 7.72. The van der Waals surface area contributed by atoms with Gasteiger partial charge in [-0.1, -0.05) is 25.4 Å². The van der Waals surface area contributed by atoms with Crippen LogP contribution in [-0.2, 0) is 0 Å². The van der Waals surface area contributed by atoms with Crippen LogP contribution in [0.2, 0.25) is 5.02 Å². The van der Waals surface area contributed by atoms with Crippen molar-refractivity contribution in [3.63, 3.8) is 0 Å². The molecule has 0 bridgehead atoms. The molecular weight excluding hydrogens is 392 g/mol. The van der Waals surface area contributed by atoms with Gasteiger partial charge in [0.25, 0.3) is 5.91 Å². The summed E-state index contributed by atoms with van der Waals surface area (Å²) in [5, 5.41) is 8.39. The molecule has 3 rings (SSSR count). The molecule has 0 fully saturated rings. The van der Waals surface area contributed by atoms with Gasteiger partial charge in [-0.05, 0) is 31.9 Å². The number of carbonyl (C=O) groups excluding carboxylic acids is 1. The smallest absolute Gasteiger partial charge is 0.256 e. The Kier molecular flexibility index (Phi) is 5.98. The summed E-state index contributed by atoms with van der Waals surface area (Å²) in [6.07, 6.45) is 1.68. The first-order chi connectivity index (χ1) is 13.8. The van der Waals surface area contributed by atoms with Crippen molar-refractivity contribution < 1.29 is 14.3 Å². The number of rotatable bonds is 6. The highest BCUT2D eigenvalue weighted by molar-refractivity contribution is 6.32. The van der Waals surface area contributed by atoms with E-state index in [2.05, 4.69) is 10.4 Å². The first-order valence-corrected chi connectivity index (χ1v) is 9.75. The molecule has 0 radical (unpaired) electrons. The number of benzene rings is 1. The number of carbonyl (C=O) groups is 1. The van der Waals surface area contributed by atoms with Gasteiger partial charge in [-0.15, -0.1) is 0 Å². The second kappa shape index (κ2) is 8.29. The number of hydrogen-bond acceptors (Lipinski definition) is 5. The van der Waals surface area contributed by atoms with Gasteiger partial charge in [-0.25, -0.2) is 9.67 Å². The predicted octanol–water partition coefficient (Wildman–Crippen LogP) is 5.06. The number of ether oxygens (including phenoxy) is 2. The lowest BCUT2D eigenvalue weighted by Gasteiger charge is -2.15. The summed E-state index contributed by atoms with van der Waals surface area (Å²) in [5.74, 6) is 0.786. The number of halogens is 1. The predicted molar refractivity (Wildman–Crippen MR) is 115 cm³/mol.